The lowest BCUT2D eigenvalue weighted by molar-refractivity contribution is 0.0684. The average molecular weight is 292 g/mol. The lowest BCUT2D eigenvalue weighted by Gasteiger charge is -2.29. The SMILES string of the molecule is CCc1nnc(N(C)CC2CCOCC2)c(CN)c1CC. The van der Waals surface area contributed by atoms with E-state index in [0.717, 1.165) is 57.0 Å². The minimum atomic E-state index is 0.527. The molecule has 1 aliphatic rings. The first kappa shape index (κ1) is 16.2. The molecule has 0 spiro atoms. The number of rotatable bonds is 6. The van der Waals surface area contributed by atoms with Gasteiger partial charge in [-0.1, -0.05) is 13.8 Å². The van der Waals surface area contributed by atoms with Crippen LogP contribution in [0.3, 0.4) is 0 Å². The summed E-state index contributed by atoms with van der Waals surface area (Å²) in [7, 11) is 2.10. The summed E-state index contributed by atoms with van der Waals surface area (Å²) < 4.78 is 5.43. The Morgan fingerprint density at radius 1 is 1.14 bits per heavy atom. The summed E-state index contributed by atoms with van der Waals surface area (Å²) in [6.45, 7) is 7.57. The second-order valence-corrected chi connectivity index (χ2v) is 5.77. The van der Waals surface area contributed by atoms with E-state index in [9.17, 15) is 0 Å². The molecule has 5 nitrogen and oxygen atoms in total. The summed E-state index contributed by atoms with van der Waals surface area (Å²) in [4.78, 5) is 2.23. The molecule has 5 heteroatoms. The Balaban J connectivity index is 2.21. The lowest BCUT2D eigenvalue weighted by atomic mass is 9.99. The van der Waals surface area contributed by atoms with Crippen LogP contribution in [0.25, 0.3) is 0 Å². The van der Waals surface area contributed by atoms with E-state index in [1.807, 2.05) is 0 Å². The van der Waals surface area contributed by atoms with E-state index < -0.39 is 0 Å². The molecule has 1 saturated heterocycles. The molecule has 0 unspecified atom stereocenters. The number of hydrogen-bond donors (Lipinski definition) is 1. The van der Waals surface area contributed by atoms with Gasteiger partial charge in [0.25, 0.3) is 0 Å². The summed E-state index contributed by atoms with van der Waals surface area (Å²) in [5, 5.41) is 8.88. The van der Waals surface area contributed by atoms with Crippen LogP contribution in [0, 0.1) is 5.92 Å². The van der Waals surface area contributed by atoms with Gasteiger partial charge in [-0.3, -0.25) is 0 Å². The molecule has 21 heavy (non-hydrogen) atoms. The second kappa shape index (κ2) is 7.71. The minimum absolute atomic E-state index is 0.527. The molecule has 0 aromatic carbocycles. The van der Waals surface area contributed by atoms with Gasteiger partial charge < -0.3 is 15.4 Å². The Labute approximate surface area is 127 Å². The van der Waals surface area contributed by atoms with Crippen LogP contribution in [0.2, 0.25) is 0 Å². The molecule has 2 N–H and O–H groups in total. The van der Waals surface area contributed by atoms with Crippen LogP contribution in [0.1, 0.15) is 43.5 Å². The van der Waals surface area contributed by atoms with Gasteiger partial charge in [0.05, 0.1) is 5.69 Å². The second-order valence-electron chi connectivity index (χ2n) is 5.77. The predicted octanol–water partition coefficient (Wildman–Crippen LogP) is 1.92. The van der Waals surface area contributed by atoms with Gasteiger partial charge in [-0.15, -0.1) is 5.10 Å². The van der Waals surface area contributed by atoms with Crippen LogP contribution < -0.4 is 10.6 Å². The van der Waals surface area contributed by atoms with Gasteiger partial charge >= 0.3 is 0 Å². The number of hydrogen-bond acceptors (Lipinski definition) is 5. The van der Waals surface area contributed by atoms with Gasteiger partial charge in [0.1, 0.15) is 0 Å². The van der Waals surface area contributed by atoms with Crippen LogP contribution >= 0.6 is 0 Å². The topological polar surface area (TPSA) is 64.3 Å². The molecular formula is C16H28N4O. The van der Waals surface area contributed by atoms with Crippen molar-refractivity contribution in [3.8, 4) is 0 Å². The van der Waals surface area contributed by atoms with Crippen LogP contribution in [0.15, 0.2) is 0 Å². The van der Waals surface area contributed by atoms with Gasteiger partial charge in [0, 0.05) is 38.9 Å². The predicted molar refractivity (Wildman–Crippen MR) is 85.5 cm³/mol. The highest BCUT2D eigenvalue weighted by atomic mass is 16.5. The molecule has 0 bridgehead atoms. The van der Waals surface area contributed by atoms with E-state index in [0.29, 0.717) is 12.5 Å². The number of nitrogens with two attached hydrogens (primary N) is 1. The standard InChI is InChI=1S/C16H28N4O/c1-4-13-14(10-17)16(19-18-15(13)5-2)20(3)11-12-6-8-21-9-7-12/h12H,4-11,17H2,1-3H3. The molecule has 2 heterocycles. The summed E-state index contributed by atoms with van der Waals surface area (Å²) in [6, 6.07) is 0. The smallest absolute Gasteiger partial charge is 0.155 e. The number of nitrogens with zero attached hydrogens (tertiary/aromatic N) is 3. The Kier molecular flexibility index (Phi) is 5.94. The first-order chi connectivity index (χ1) is 10.2. The molecule has 0 saturated carbocycles. The number of anilines is 1. The third kappa shape index (κ3) is 3.71. The van der Waals surface area contributed by atoms with Gasteiger partial charge in [-0.05, 0) is 37.2 Å². The zero-order valence-corrected chi connectivity index (χ0v) is 13.6. The van der Waals surface area contributed by atoms with Crippen molar-refractivity contribution in [2.24, 2.45) is 11.7 Å². The van der Waals surface area contributed by atoms with Crippen LogP contribution in [-0.4, -0.2) is 37.0 Å². The van der Waals surface area contributed by atoms with Crippen molar-refractivity contribution in [3.63, 3.8) is 0 Å². The molecule has 1 aliphatic heterocycles. The highest BCUT2D eigenvalue weighted by molar-refractivity contribution is 5.50. The quantitative estimate of drug-likeness (QED) is 0.868. The molecule has 0 amide bonds. The molecule has 0 radical (unpaired) electrons. The third-order valence-electron chi connectivity index (χ3n) is 4.38. The fourth-order valence-electron chi connectivity index (χ4n) is 3.16. The largest absolute Gasteiger partial charge is 0.381 e. The lowest BCUT2D eigenvalue weighted by Crippen LogP contribution is -2.31. The summed E-state index contributed by atoms with van der Waals surface area (Å²) in [5.74, 6) is 1.63. The minimum Gasteiger partial charge on any atom is -0.381 e. The normalized spacial score (nSPS) is 16.2. The molecular weight excluding hydrogens is 264 g/mol. The van der Waals surface area contributed by atoms with Crippen molar-refractivity contribution in [1.29, 1.82) is 0 Å². The van der Waals surface area contributed by atoms with E-state index in [1.54, 1.807) is 0 Å². The number of aromatic nitrogens is 2. The van der Waals surface area contributed by atoms with E-state index in [1.165, 1.54) is 11.1 Å². The van der Waals surface area contributed by atoms with Gasteiger partial charge in [-0.25, -0.2) is 0 Å². The molecule has 1 aromatic heterocycles. The Morgan fingerprint density at radius 2 is 1.86 bits per heavy atom. The van der Waals surface area contributed by atoms with E-state index in [4.69, 9.17) is 10.5 Å². The third-order valence-corrected chi connectivity index (χ3v) is 4.38. The van der Waals surface area contributed by atoms with Gasteiger partial charge in [0.2, 0.25) is 0 Å². The molecule has 1 aromatic rings. The van der Waals surface area contributed by atoms with E-state index in [-0.39, 0.29) is 0 Å². The summed E-state index contributed by atoms with van der Waals surface area (Å²) >= 11 is 0. The Hall–Kier alpha value is -1.20. The van der Waals surface area contributed by atoms with E-state index >= 15 is 0 Å². The summed E-state index contributed by atoms with van der Waals surface area (Å²) in [6.07, 6.45) is 4.13. The van der Waals surface area contributed by atoms with Gasteiger partial charge in [-0.2, -0.15) is 5.10 Å². The highest BCUT2D eigenvalue weighted by Gasteiger charge is 2.20. The zero-order chi connectivity index (χ0) is 15.2. The fourth-order valence-corrected chi connectivity index (χ4v) is 3.16. The monoisotopic (exact) mass is 292 g/mol. The van der Waals surface area contributed by atoms with Crippen LogP contribution in [0.5, 0.6) is 0 Å². The maximum atomic E-state index is 6.01. The fraction of sp³-hybridized carbons (Fsp3) is 0.750. The van der Waals surface area contributed by atoms with Crippen molar-refractivity contribution < 1.29 is 4.74 Å². The first-order valence-corrected chi connectivity index (χ1v) is 8.07. The number of ether oxygens (including phenoxy) is 1. The summed E-state index contributed by atoms with van der Waals surface area (Å²) in [5.41, 5.74) is 9.54. The average Bonchev–Trinajstić information content (AvgIpc) is 2.53. The molecule has 118 valence electrons. The van der Waals surface area contributed by atoms with Gasteiger partial charge in [0.15, 0.2) is 5.82 Å². The first-order valence-electron chi connectivity index (χ1n) is 8.07. The molecule has 1 fully saturated rings. The maximum Gasteiger partial charge on any atom is 0.155 e. The highest BCUT2D eigenvalue weighted by Crippen LogP contribution is 2.25. The van der Waals surface area contributed by atoms with Crippen molar-refractivity contribution in [3.05, 3.63) is 16.8 Å². The molecule has 2 rings (SSSR count). The van der Waals surface area contributed by atoms with Crippen molar-refractivity contribution in [1.82, 2.24) is 10.2 Å². The van der Waals surface area contributed by atoms with Crippen LogP contribution in [-0.2, 0) is 24.1 Å². The van der Waals surface area contributed by atoms with Crippen LogP contribution in [0.4, 0.5) is 5.82 Å². The Bertz CT molecular complexity index is 458. The molecule has 0 atom stereocenters. The zero-order valence-electron chi connectivity index (χ0n) is 13.6. The van der Waals surface area contributed by atoms with E-state index in [2.05, 4.69) is 36.0 Å². The molecule has 0 aliphatic carbocycles. The van der Waals surface area contributed by atoms with Crippen molar-refractivity contribution in [2.45, 2.75) is 46.1 Å². The number of aryl methyl sites for hydroxylation is 1. The Morgan fingerprint density at radius 3 is 2.43 bits per heavy atom. The van der Waals surface area contributed by atoms with Crippen molar-refractivity contribution >= 4 is 5.82 Å². The maximum absolute atomic E-state index is 6.01. The van der Waals surface area contributed by atoms with Crippen molar-refractivity contribution in [2.75, 3.05) is 31.7 Å².